The van der Waals surface area contributed by atoms with Crippen molar-refractivity contribution in [1.29, 1.82) is 0 Å². The Morgan fingerprint density at radius 2 is 1.91 bits per heavy atom. The number of ketones is 1. The minimum atomic E-state index is -1.73. The Morgan fingerprint density at radius 3 is 2.60 bits per heavy atom. The number of nitrogens with one attached hydrogen (secondary N) is 1. The van der Waals surface area contributed by atoms with Crippen LogP contribution in [-0.2, 0) is 15.8 Å². The molecule has 0 unspecified atom stereocenters. The average molecular weight is 588 g/mol. The number of carbonyl (C=O) groups excluding carboxylic acids is 2. The number of fused-ring (bicyclic) bond motifs is 2. The molecular formula is C33H31F2N3O5. The quantitative estimate of drug-likeness (QED) is 0.195. The molecule has 1 aliphatic carbocycles. The highest BCUT2D eigenvalue weighted by Crippen LogP contribution is 2.47. The van der Waals surface area contributed by atoms with Crippen LogP contribution in [0.25, 0.3) is 22.2 Å². The van der Waals surface area contributed by atoms with E-state index in [9.17, 15) is 23.5 Å². The normalized spacial score (nSPS) is 19.7. The van der Waals surface area contributed by atoms with E-state index >= 15 is 0 Å². The third kappa shape index (κ3) is 5.31. The molecule has 2 atom stereocenters. The van der Waals surface area contributed by atoms with Crippen molar-refractivity contribution in [2.24, 2.45) is 0 Å². The van der Waals surface area contributed by atoms with Crippen LogP contribution >= 0.6 is 0 Å². The van der Waals surface area contributed by atoms with Crippen molar-refractivity contribution in [1.82, 2.24) is 15.3 Å². The molecule has 0 spiro atoms. The van der Waals surface area contributed by atoms with Gasteiger partial charge in [-0.25, -0.2) is 13.8 Å². The first-order valence-corrected chi connectivity index (χ1v) is 14.1. The summed E-state index contributed by atoms with van der Waals surface area (Å²) in [4.78, 5) is 35.7. The van der Waals surface area contributed by atoms with Crippen LogP contribution in [0.3, 0.4) is 0 Å². The average Bonchev–Trinajstić information content (AvgIpc) is 3.63. The van der Waals surface area contributed by atoms with Gasteiger partial charge in [0.2, 0.25) is 5.91 Å². The number of hydrogen-bond acceptors (Lipinski definition) is 7. The van der Waals surface area contributed by atoms with Crippen molar-refractivity contribution in [2.45, 2.75) is 56.3 Å². The monoisotopic (exact) mass is 587 g/mol. The van der Waals surface area contributed by atoms with Gasteiger partial charge in [-0.1, -0.05) is 6.07 Å². The van der Waals surface area contributed by atoms with Crippen molar-refractivity contribution in [2.75, 3.05) is 13.7 Å². The molecule has 10 heteroatoms. The molecule has 1 amide bonds. The van der Waals surface area contributed by atoms with Gasteiger partial charge >= 0.3 is 0 Å². The summed E-state index contributed by atoms with van der Waals surface area (Å²) in [5, 5.41) is 14.9. The molecule has 43 heavy (non-hydrogen) atoms. The lowest BCUT2D eigenvalue weighted by atomic mass is 9.81. The Bertz CT molecular complexity index is 1750. The summed E-state index contributed by atoms with van der Waals surface area (Å²) in [6, 6.07) is 14.2. The Kier molecular flexibility index (Phi) is 6.92. The van der Waals surface area contributed by atoms with Gasteiger partial charge in [0.1, 0.15) is 46.1 Å². The number of nitrogens with zero attached hydrogens (tertiary/aromatic N) is 2. The van der Waals surface area contributed by atoms with Crippen LogP contribution in [0, 0.1) is 5.82 Å². The van der Waals surface area contributed by atoms with E-state index in [0.717, 1.165) is 5.39 Å². The van der Waals surface area contributed by atoms with E-state index in [1.54, 1.807) is 44.3 Å². The van der Waals surface area contributed by atoms with Crippen molar-refractivity contribution in [3.8, 4) is 22.8 Å². The number of hydrogen-bond donors (Lipinski definition) is 2. The molecule has 8 nitrogen and oxygen atoms in total. The van der Waals surface area contributed by atoms with Crippen molar-refractivity contribution in [3.05, 3.63) is 83.4 Å². The molecular weight excluding hydrogens is 556 g/mol. The minimum absolute atomic E-state index is 0.00519. The van der Waals surface area contributed by atoms with Gasteiger partial charge in [0.15, 0.2) is 11.6 Å². The second-order valence-corrected chi connectivity index (χ2v) is 11.7. The zero-order valence-corrected chi connectivity index (χ0v) is 24.0. The summed E-state index contributed by atoms with van der Waals surface area (Å²) in [6.07, 6.45) is 2.12. The number of alkyl halides is 1. The molecule has 4 aromatic rings. The first kappa shape index (κ1) is 28.7. The predicted octanol–water partition coefficient (Wildman–Crippen LogP) is 5.54. The van der Waals surface area contributed by atoms with E-state index in [2.05, 4.69) is 10.3 Å². The Morgan fingerprint density at radius 1 is 1.16 bits per heavy atom. The molecule has 0 saturated heterocycles. The molecule has 0 radical (unpaired) electrons. The van der Waals surface area contributed by atoms with Gasteiger partial charge in [-0.3, -0.25) is 14.6 Å². The van der Waals surface area contributed by atoms with Crippen molar-refractivity contribution < 1.29 is 33.0 Å². The summed E-state index contributed by atoms with van der Waals surface area (Å²) in [6.45, 7) is 3.13. The third-order valence-electron chi connectivity index (χ3n) is 8.32. The Balaban J connectivity index is 1.34. The van der Waals surface area contributed by atoms with Gasteiger partial charge < -0.3 is 19.9 Å². The molecule has 2 aromatic carbocycles. The summed E-state index contributed by atoms with van der Waals surface area (Å²) >= 11 is 0. The molecule has 2 aromatic heterocycles. The maximum Gasteiger partial charge on any atom is 0.236 e. The first-order valence-electron chi connectivity index (χ1n) is 14.1. The van der Waals surface area contributed by atoms with Gasteiger partial charge in [-0.2, -0.15) is 0 Å². The number of rotatable bonds is 9. The SMILES string of the molecule is COc1cc(C(=O)CC[C@](C)(O)c2cc3c(c(-c4ccc(F)cc4)n2)OC[C@]3(C)C(=O)NC2(F)CC2)cc2cccnc12. The van der Waals surface area contributed by atoms with Gasteiger partial charge in [0.05, 0.1) is 12.8 Å². The fourth-order valence-corrected chi connectivity index (χ4v) is 5.33. The smallest absolute Gasteiger partial charge is 0.236 e. The Hall–Kier alpha value is -4.44. The fourth-order valence-electron chi connectivity index (χ4n) is 5.33. The number of pyridine rings is 2. The molecule has 2 N–H and O–H groups in total. The summed E-state index contributed by atoms with van der Waals surface area (Å²) in [5.41, 5.74) is -0.383. The summed E-state index contributed by atoms with van der Waals surface area (Å²) in [5.74, 6) is -2.15. The third-order valence-corrected chi connectivity index (χ3v) is 8.32. The van der Waals surface area contributed by atoms with E-state index in [-0.39, 0.29) is 43.8 Å². The highest BCUT2D eigenvalue weighted by Gasteiger charge is 2.52. The number of aromatic nitrogens is 2. The zero-order valence-electron chi connectivity index (χ0n) is 24.0. The number of Topliss-reactive ketones (excluding diaryl/α,β-unsaturated/α-hetero) is 1. The molecule has 3 heterocycles. The largest absolute Gasteiger partial charge is 0.494 e. The number of amides is 1. The Labute approximate surface area is 247 Å². The molecule has 2 aliphatic rings. The van der Waals surface area contributed by atoms with Crippen LogP contribution in [0.2, 0.25) is 0 Å². The van der Waals surface area contributed by atoms with Crippen LogP contribution in [0.15, 0.2) is 60.8 Å². The highest BCUT2D eigenvalue weighted by molar-refractivity contribution is 6.01. The van der Waals surface area contributed by atoms with Crippen LogP contribution < -0.4 is 14.8 Å². The summed E-state index contributed by atoms with van der Waals surface area (Å²) < 4.78 is 39.7. The number of halogens is 2. The molecule has 1 saturated carbocycles. The molecule has 222 valence electrons. The zero-order chi connectivity index (χ0) is 30.6. The van der Waals surface area contributed by atoms with E-state index in [1.165, 1.54) is 31.4 Å². The lowest BCUT2D eigenvalue weighted by molar-refractivity contribution is -0.128. The van der Waals surface area contributed by atoms with Crippen LogP contribution in [0.1, 0.15) is 61.1 Å². The lowest BCUT2D eigenvalue weighted by Crippen LogP contribution is -2.47. The van der Waals surface area contributed by atoms with E-state index in [0.29, 0.717) is 39.4 Å². The molecule has 1 aliphatic heterocycles. The van der Waals surface area contributed by atoms with Crippen LogP contribution in [-0.4, -0.2) is 46.3 Å². The molecule has 6 rings (SSSR count). The predicted molar refractivity (Wildman–Crippen MR) is 155 cm³/mol. The van der Waals surface area contributed by atoms with Gasteiger partial charge in [0.25, 0.3) is 0 Å². The van der Waals surface area contributed by atoms with Gasteiger partial charge in [-0.15, -0.1) is 0 Å². The number of methoxy groups -OCH3 is 1. The van der Waals surface area contributed by atoms with Crippen molar-refractivity contribution in [3.63, 3.8) is 0 Å². The maximum atomic E-state index is 14.5. The number of benzene rings is 2. The second-order valence-electron chi connectivity index (χ2n) is 11.7. The number of aliphatic hydroxyl groups is 1. The topological polar surface area (TPSA) is 111 Å². The van der Waals surface area contributed by atoms with Crippen LogP contribution in [0.4, 0.5) is 8.78 Å². The summed E-state index contributed by atoms with van der Waals surface area (Å²) in [7, 11) is 1.51. The number of ether oxygens (including phenoxy) is 2. The van der Waals surface area contributed by atoms with E-state index < -0.39 is 28.5 Å². The van der Waals surface area contributed by atoms with E-state index in [1.807, 2.05) is 6.07 Å². The lowest BCUT2D eigenvalue weighted by Gasteiger charge is -2.27. The van der Waals surface area contributed by atoms with Crippen molar-refractivity contribution >= 4 is 22.6 Å². The molecule has 1 fully saturated rings. The fraction of sp³-hybridized carbons (Fsp3) is 0.333. The number of carbonyl (C=O) groups is 2. The standard InChI is InChI=1S/C33H31F2N3O5/c1-31(30(40)38-33(35)12-13-33)18-43-29-23(31)17-26(37-28(29)19-6-8-22(34)9-7-19)32(2,41)11-10-24(39)21-15-20-5-4-14-36-27(20)25(16-21)42-3/h4-9,14-17,41H,10-13,18H2,1-3H3,(H,38,40)/t31-,32-/m0/s1. The molecule has 0 bridgehead atoms. The first-order chi connectivity index (χ1) is 20.4. The maximum absolute atomic E-state index is 14.5. The van der Waals surface area contributed by atoms with Gasteiger partial charge in [-0.05, 0) is 68.8 Å². The van der Waals surface area contributed by atoms with Gasteiger partial charge in [0, 0.05) is 47.5 Å². The van der Waals surface area contributed by atoms with E-state index in [4.69, 9.17) is 14.5 Å². The second kappa shape index (κ2) is 10.4. The highest BCUT2D eigenvalue weighted by atomic mass is 19.1. The minimum Gasteiger partial charge on any atom is -0.494 e. The van der Waals surface area contributed by atoms with Crippen LogP contribution in [0.5, 0.6) is 11.5 Å².